The number of rotatable bonds is 3. The molecule has 1 aliphatic heterocycles. The average Bonchev–Trinajstić information content (AvgIpc) is 3.05. The van der Waals surface area contributed by atoms with Crippen LogP contribution in [0.4, 0.5) is 0 Å². The maximum Gasteiger partial charge on any atom is 0.255 e. The molecule has 2 aromatic heterocycles. The van der Waals surface area contributed by atoms with Crippen molar-refractivity contribution in [2.45, 2.75) is 6.42 Å². The highest BCUT2D eigenvalue weighted by atomic mass is 16.2. The molecule has 1 N–H and O–H groups in total. The molecule has 3 rings (SSSR count). The standard InChI is InChI=1S/C14H18N4O/c1-15-8-11-4-6-18(9-11)14(19)12-2-3-13-16-5-7-17(13)10-12/h2-3,5,7,10-11,15H,4,6,8-9H2,1H3/t11-/m0/s1. The first-order chi connectivity index (χ1) is 9.28. The summed E-state index contributed by atoms with van der Waals surface area (Å²) in [6, 6.07) is 3.74. The van der Waals surface area contributed by atoms with Crippen molar-refractivity contribution in [1.82, 2.24) is 19.6 Å². The first-order valence-corrected chi connectivity index (χ1v) is 6.64. The third-order valence-electron chi connectivity index (χ3n) is 3.70. The summed E-state index contributed by atoms with van der Waals surface area (Å²) in [6.45, 7) is 2.68. The van der Waals surface area contributed by atoms with E-state index in [2.05, 4.69) is 10.3 Å². The van der Waals surface area contributed by atoms with Crippen molar-refractivity contribution in [2.24, 2.45) is 5.92 Å². The molecule has 0 unspecified atom stereocenters. The Morgan fingerprint density at radius 3 is 3.26 bits per heavy atom. The number of fused-ring (bicyclic) bond motifs is 1. The van der Waals surface area contributed by atoms with Gasteiger partial charge in [-0.15, -0.1) is 0 Å². The lowest BCUT2D eigenvalue weighted by Crippen LogP contribution is -2.30. The number of likely N-dealkylation sites (tertiary alicyclic amines) is 1. The van der Waals surface area contributed by atoms with Crippen LogP contribution in [0, 0.1) is 5.92 Å². The Kier molecular flexibility index (Phi) is 3.21. The number of hydrogen-bond donors (Lipinski definition) is 1. The van der Waals surface area contributed by atoms with E-state index in [1.165, 1.54) is 0 Å². The number of hydrogen-bond acceptors (Lipinski definition) is 3. The molecule has 1 atom stereocenters. The van der Waals surface area contributed by atoms with Crippen LogP contribution < -0.4 is 5.32 Å². The van der Waals surface area contributed by atoms with Crippen LogP contribution in [0.15, 0.2) is 30.7 Å². The summed E-state index contributed by atoms with van der Waals surface area (Å²) in [4.78, 5) is 18.6. The van der Waals surface area contributed by atoms with E-state index >= 15 is 0 Å². The lowest BCUT2D eigenvalue weighted by Gasteiger charge is -2.16. The van der Waals surface area contributed by atoms with Crippen LogP contribution in [0.3, 0.4) is 0 Å². The Bertz CT molecular complexity index is 592. The molecule has 0 saturated carbocycles. The van der Waals surface area contributed by atoms with Gasteiger partial charge >= 0.3 is 0 Å². The molecule has 0 aliphatic carbocycles. The van der Waals surface area contributed by atoms with E-state index in [1.54, 1.807) is 6.20 Å². The van der Waals surface area contributed by atoms with Gasteiger partial charge in [-0.25, -0.2) is 4.98 Å². The van der Waals surface area contributed by atoms with Gasteiger partial charge in [0.05, 0.1) is 5.56 Å². The highest BCUT2D eigenvalue weighted by Crippen LogP contribution is 2.18. The van der Waals surface area contributed by atoms with Crippen LogP contribution in [0.1, 0.15) is 16.8 Å². The first-order valence-electron chi connectivity index (χ1n) is 6.64. The number of pyridine rings is 1. The Morgan fingerprint density at radius 1 is 1.53 bits per heavy atom. The molecule has 1 saturated heterocycles. The fraction of sp³-hybridized carbons (Fsp3) is 0.429. The SMILES string of the molecule is CNC[C@@H]1CCN(C(=O)c2ccc3nccn3c2)C1. The summed E-state index contributed by atoms with van der Waals surface area (Å²) in [5.41, 5.74) is 1.60. The maximum absolute atomic E-state index is 12.4. The summed E-state index contributed by atoms with van der Waals surface area (Å²) >= 11 is 0. The molecule has 0 radical (unpaired) electrons. The lowest BCUT2D eigenvalue weighted by molar-refractivity contribution is 0.0786. The van der Waals surface area contributed by atoms with E-state index in [0.29, 0.717) is 5.92 Å². The maximum atomic E-state index is 12.4. The van der Waals surface area contributed by atoms with Gasteiger partial charge in [0.1, 0.15) is 5.65 Å². The van der Waals surface area contributed by atoms with Crippen molar-refractivity contribution >= 4 is 11.6 Å². The molecule has 0 aromatic carbocycles. The van der Waals surface area contributed by atoms with E-state index in [4.69, 9.17) is 0 Å². The van der Waals surface area contributed by atoms with Gasteiger partial charge in [0, 0.05) is 31.7 Å². The fourth-order valence-corrected chi connectivity index (χ4v) is 2.70. The summed E-state index contributed by atoms with van der Waals surface area (Å²) < 4.78 is 1.88. The van der Waals surface area contributed by atoms with E-state index in [1.807, 2.05) is 40.9 Å². The second-order valence-corrected chi connectivity index (χ2v) is 5.07. The average molecular weight is 258 g/mol. The molecule has 3 heterocycles. The molecule has 1 fully saturated rings. The highest BCUT2D eigenvalue weighted by molar-refractivity contribution is 5.94. The van der Waals surface area contributed by atoms with Crippen molar-refractivity contribution in [1.29, 1.82) is 0 Å². The minimum atomic E-state index is 0.120. The van der Waals surface area contributed by atoms with Crippen LogP contribution in [-0.4, -0.2) is 46.9 Å². The summed E-state index contributed by atoms with van der Waals surface area (Å²) in [7, 11) is 1.96. The van der Waals surface area contributed by atoms with Gasteiger partial charge in [-0.1, -0.05) is 0 Å². The predicted molar refractivity (Wildman–Crippen MR) is 73.1 cm³/mol. The Hall–Kier alpha value is -1.88. The summed E-state index contributed by atoms with van der Waals surface area (Å²) in [5, 5.41) is 3.18. The number of aromatic nitrogens is 2. The van der Waals surface area contributed by atoms with Crippen molar-refractivity contribution < 1.29 is 4.79 Å². The van der Waals surface area contributed by atoms with Gasteiger partial charge in [0.15, 0.2) is 0 Å². The number of carbonyl (C=O) groups excluding carboxylic acids is 1. The zero-order valence-electron chi connectivity index (χ0n) is 11.0. The summed E-state index contributed by atoms with van der Waals surface area (Å²) in [5.74, 6) is 0.695. The zero-order chi connectivity index (χ0) is 13.2. The molecule has 2 aromatic rings. The van der Waals surface area contributed by atoms with Gasteiger partial charge < -0.3 is 14.6 Å². The number of imidazole rings is 1. The molecule has 19 heavy (non-hydrogen) atoms. The Balaban J connectivity index is 1.76. The normalized spacial score (nSPS) is 19.2. The topological polar surface area (TPSA) is 49.6 Å². The lowest BCUT2D eigenvalue weighted by atomic mass is 10.1. The molecule has 5 heteroatoms. The van der Waals surface area contributed by atoms with E-state index in [9.17, 15) is 4.79 Å². The van der Waals surface area contributed by atoms with E-state index in [-0.39, 0.29) is 5.91 Å². The smallest absolute Gasteiger partial charge is 0.255 e. The Labute approximate surface area is 112 Å². The van der Waals surface area contributed by atoms with Crippen molar-refractivity contribution in [3.05, 3.63) is 36.3 Å². The van der Waals surface area contributed by atoms with Crippen LogP contribution in [0.5, 0.6) is 0 Å². The molecule has 1 amide bonds. The van der Waals surface area contributed by atoms with Crippen LogP contribution in [0.2, 0.25) is 0 Å². The molecule has 100 valence electrons. The fourth-order valence-electron chi connectivity index (χ4n) is 2.70. The van der Waals surface area contributed by atoms with Gasteiger partial charge in [-0.05, 0) is 38.1 Å². The number of carbonyl (C=O) groups is 1. The molecule has 5 nitrogen and oxygen atoms in total. The molecule has 0 spiro atoms. The second-order valence-electron chi connectivity index (χ2n) is 5.07. The van der Waals surface area contributed by atoms with E-state index < -0.39 is 0 Å². The number of nitrogens with one attached hydrogen (secondary N) is 1. The van der Waals surface area contributed by atoms with Gasteiger partial charge in [0.25, 0.3) is 5.91 Å². The van der Waals surface area contributed by atoms with Gasteiger partial charge in [-0.2, -0.15) is 0 Å². The molecular weight excluding hydrogens is 240 g/mol. The predicted octanol–water partition coefficient (Wildman–Crippen LogP) is 1.02. The van der Waals surface area contributed by atoms with E-state index in [0.717, 1.165) is 37.3 Å². The largest absolute Gasteiger partial charge is 0.338 e. The van der Waals surface area contributed by atoms with Gasteiger partial charge in [0.2, 0.25) is 0 Å². The molecule has 1 aliphatic rings. The number of nitrogens with zero attached hydrogens (tertiary/aromatic N) is 3. The molecule has 0 bridgehead atoms. The summed E-state index contributed by atoms with van der Waals surface area (Å²) in [6.07, 6.45) is 6.54. The second kappa shape index (κ2) is 5.01. The zero-order valence-corrected chi connectivity index (χ0v) is 11.0. The van der Waals surface area contributed by atoms with Crippen LogP contribution in [0.25, 0.3) is 5.65 Å². The quantitative estimate of drug-likeness (QED) is 0.894. The first kappa shape index (κ1) is 12.2. The Morgan fingerprint density at radius 2 is 2.42 bits per heavy atom. The monoisotopic (exact) mass is 258 g/mol. The van der Waals surface area contributed by atoms with Gasteiger partial charge in [-0.3, -0.25) is 4.79 Å². The third-order valence-corrected chi connectivity index (χ3v) is 3.70. The minimum absolute atomic E-state index is 0.120. The van der Waals surface area contributed by atoms with Crippen LogP contribution in [-0.2, 0) is 0 Å². The van der Waals surface area contributed by atoms with Crippen LogP contribution >= 0.6 is 0 Å². The van der Waals surface area contributed by atoms with Crippen molar-refractivity contribution in [2.75, 3.05) is 26.7 Å². The molecular formula is C14H18N4O. The van der Waals surface area contributed by atoms with Crippen molar-refractivity contribution in [3.8, 4) is 0 Å². The van der Waals surface area contributed by atoms with Crippen molar-refractivity contribution in [3.63, 3.8) is 0 Å². The third kappa shape index (κ3) is 2.33. The highest BCUT2D eigenvalue weighted by Gasteiger charge is 2.26. The minimum Gasteiger partial charge on any atom is -0.338 e. The number of amides is 1.